The normalized spacial score (nSPS) is 14.2. The minimum Gasteiger partial charge on any atom is -0.472 e. The van der Waals surface area contributed by atoms with Crippen LogP contribution in [0.25, 0.3) is 16.6 Å². The van der Waals surface area contributed by atoms with Crippen LogP contribution < -0.4 is 16.4 Å². The van der Waals surface area contributed by atoms with Crippen LogP contribution in [0.15, 0.2) is 65.7 Å². The summed E-state index contributed by atoms with van der Waals surface area (Å²) in [6.07, 6.45) is 8.72. The Balaban J connectivity index is 1.43. The van der Waals surface area contributed by atoms with Gasteiger partial charge in [0.05, 0.1) is 34.8 Å². The van der Waals surface area contributed by atoms with Crippen molar-refractivity contribution in [2.75, 3.05) is 5.32 Å². The molecule has 33 heavy (non-hydrogen) atoms. The summed E-state index contributed by atoms with van der Waals surface area (Å²) in [6.45, 7) is 2.52. The van der Waals surface area contributed by atoms with Gasteiger partial charge in [-0.15, -0.1) is 0 Å². The molecule has 0 saturated heterocycles. The lowest BCUT2D eigenvalue weighted by molar-refractivity contribution is 0.0949. The van der Waals surface area contributed by atoms with Crippen LogP contribution in [0.1, 0.15) is 46.0 Å². The van der Waals surface area contributed by atoms with Crippen LogP contribution in [0.5, 0.6) is 0 Å². The maximum Gasteiger partial charge on any atom is 0.254 e. The first-order chi connectivity index (χ1) is 16.0. The molecule has 0 bridgehead atoms. The molecule has 1 saturated carbocycles. The number of benzene rings is 1. The second-order valence-electron chi connectivity index (χ2n) is 8.52. The summed E-state index contributed by atoms with van der Waals surface area (Å²) in [7, 11) is 0. The van der Waals surface area contributed by atoms with E-state index in [9.17, 15) is 9.59 Å². The summed E-state index contributed by atoms with van der Waals surface area (Å²) in [5.41, 5.74) is 10.9. The summed E-state index contributed by atoms with van der Waals surface area (Å²) in [4.78, 5) is 24.2. The van der Waals surface area contributed by atoms with E-state index in [4.69, 9.17) is 10.2 Å². The molecule has 1 atom stereocenters. The maximum absolute atomic E-state index is 12.2. The van der Waals surface area contributed by atoms with Gasteiger partial charge in [-0.2, -0.15) is 5.10 Å². The summed E-state index contributed by atoms with van der Waals surface area (Å²) in [6, 6.07) is 11.8. The van der Waals surface area contributed by atoms with E-state index in [-0.39, 0.29) is 11.9 Å². The molecule has 3 aromatic heterocycles. The molecule has 4 N–H and O–H groups in total. The van der Waals surface area contributed by atoms with Gasteiger partial charge in [0.25, 0.3) is 11.8 Å². The lowest BCUT2D eigenvalue weighted by atomic mass is 10.1. The van der Waals surface area contributed by atoms with Gasteiger partial charge in [-0.25, -0.2) is 4.52 Å². The summed E-state index contributed by atoms with van der Waals surface area (Å²) in [5.74, 6) is -0.0802. The van der Waals surface area contributed by atoms with E-state index in [1.54, 1.807) is 10.6 Å². The van der Waals surface area contributed by atoms with Gasteiger partial charge >= 0.3 is 0 Å². The number of hydrogen-bond acceptors (Lipinski definition) is 5. The lowest BCUT2D eigenvalue weighted by Crippen LogP contribution is -2.22. The van der Waals surface area contributed by atoms with E-state index in [1.807, 2.05) is 36.5 Å². The topological polar surface area (TPSA) is 115 Å². The quantitative estimate of drug-likeness (QED) is 0.383. The lowest BCUT2D eigenvalue weighted by Gasteiger charge is -2.17. The van der Waals surface area contributed by atoms with Crippen LogP contribution in [-0.2, 0) is 6.54 Å². The van der Waals surface area contributed by atoms with Crippen molar-refractivity contribution in [3.8, 4) is 11.1 Å². The molecule has 4 aromatic rings. The van der Waals surface area contributed by atoms with Crippen molar-refractivity contribution in [2.24, 2.45) is 11.7 Å². The molecular weight excluding hydrogens is 418 g/mol. The van der Waals surface area contributed by atoms with Crippen molar-refractivity contribution in [3.05, 3.63) is 78.0 Å². The fraction of sp³-hybridized carbons (Fsp3) is 0.240. The van der Waals surface area contributed by atoms with Crippen molar-refractivity contribution in [1.82, 2.24) is 14.9 Å². The second-order valence-corrected chi connectivity index (χ2v) is 8.52. The average Bonchev–Trinajstić information content (AvgIpc) is 3.33. The smallest absolute Gasteiger partial charge is 0.254 e. The number of furan rings is 1. The van der Waals surface area contributed by atoms with Gasteiger partial charge in [-0.3, -0.25) is 9.59 Å². The van der Waals surface area contributed by atoms with Gasteiger partial charge in [-0.1, -0.05) is 18.2 Å². The second kappa shape index (κ2) is 8.46. The maximum atomic E-state index is 12.2. The molecule has 2 amide bonds. The van der Waals surface area contributed by atoms with Crippen molar-refractivity contribution < 1.29 is 14.0 Å². The van der Waals surface area contributed by atoms with Crippen LogP contribution >= 0.6 is 0 Å². The first-order valence-corrected chi connectivity index (χ1v) is 11.0. The predicted molar refractivity (Wildman–Crippen MR) is 125 cm³/mol. The number of hydrogen-bond donors (Lipinski definition) is 3. The highest BCUT2D eigenvalue weighted by Crippen LogP contribution is 2.36. The standard InChI is InChI=1S/C25H25N5O3/c1-15(17-5-6-17)29-23-21(24(26)31)12-28-30-13-20(10-22(23)30)18-4-2-3-16(9-18)11-27-25(32)19-7-8-33-14-19/h2-4,7-10,12-15,17,29H,5-6,11H2,1H3,(H2,26,31)(H,27,32)/t15-/m1/s1. The number of anilines is 1. The highest BCUT2D eigenvalue weighted by molar-refractivity contribution is 6.02. The minimum atomic E-state index is -0.506. The fourth-order valence-electron chi connectivity index (χ4n) is 4.03. The third-order valence-electron chi connectivity index (χ3n) is 6.10. The zero-order chi connectivity index (χ0) is 22.9. The molecular formula is C25H25N5O3. The molecule has 8 heteroatoms. The fourth-order valence-corrected chi connectivity index (χ4v) is 4.03. The number of carbonyl (C=O) groups is 2. The predicted octanol–water partition coefficient (Wildman–Crippen LogP) is 3.83. The van der Waals surface area contributed by atoms with Crippen LogP contribution in [0, 0.1) is 5.92 Å². The molecule has 1 aliphatic rings. The van der Waals surface area contributed by atoms with E-state index in [0.717, 1.165) is 22.2 Å². The number of amides is 2. The van der Waals surface area contributed by atoms with Gasteiger partial charge in [0, 0.05) is 24.3 Å². The average molecular weight is 444 g/mol. The third kappa shape index (κ3) is 4.32. The highest BCUT2D eigenvalue weighted by Gasteiger charge is 2.29. The molecule has 8 nitrogen and oxygen atoms in total. The Hall–Kier alpha value is -4.07. The number of nitrogens with one attached hydrogen (secondary N) is 2. The Morgan fingerprint density at radius 2 is 2.09 bits per heavy atom. The highest BCUT2D eigenvalue weighted by atomic mass is 16.3. The van der Waals surface area contributed by atoms with E-state index in [1.165, 1.54) is 31.6 Å². The number of nitrogens with zero attached hydrogens (tertiary/aromatic N) is 2. The number of carbonyl (C=O) groups excluding carboxylic acids is 2. The SMILES string of the molecule is C[C@@H](Nc1c(C(N)=O)cnn2cc(-c3cccc(CNC(=O)c4ccoc4)c3)cc12)C1CC1. The van der Waals surface area contributed by atoms with Crippen molar-refractivity contribution in [3.63, 3.8) is 0 Å². The third-order valence-corrected chi connectivity index (χ3v) is 6.10. The Labute approximate surface area is 190 Å². The zero-order valence-corrected chi connectivity index (χ0v) is 18.2. The minimum absolute atomic E-state index is 0.188. The molecule has 5 rings (SSSR count). The first kappa shape index (κ1) is 20.8. The molecule has 1 aromatic carbocycles. The van der Waals surface area contributed by atoms with Crippen molar-refractivity contribution in [1.29, 1.82) is 0 Å². The van der Waals surface area contributed by atoms with E-state index < -0.39 is 5.91 Å². The van der Waals surface area contributed by atoms with Crippen LogP contribution in [0.3, 0.4) is 0 Å². The Bertz CT molecular complexity index is 1320. The molecule has 0 aliphatic heterocycles. The van der Waals surface area contributed by atoms with Gasteiger partial charge in [-0.05, 0) is 55.0 Å². The number of aromatic nitrogens is 2. The molecule has 0 spiro atoms. The molecule has 0 radical (unpaired) electrons. The van der Waals surface area contributed by atoms with Crippen LogP contribution in [0.2, 0.25) is 0 Å². The van der Waals surface area contributed by atoms with E-state index >= 15 is 0 Å². The molecule has 168 valence electrons. The largest absolute Gasteiger partial charge is 0.472 e. The number of nitrogens with two attached hydrogens (primary N) is 1. The number of rotatable bonds is 8. The van der Waals surface area contributed by atoms with Gasteiger partial charge in [0.1, 0.15) is 6.26 Å². The zero-order valence-electron chi connectivity index (χ0n) is 18.2. The Morgan fingerprint density at radius 1 is 1.24 bits per heavy atom. The van der Waals surface area contributed by atoms with E-state index in [0.29, 0.717) is 29.3 Å². The summed E-state index contributed by atoms with van der Waals surface area (Å²) < 4.78 is 6.72. The van der Waals surface area contributed by atoms with Crippen molar-refractivity contribution in [2.45, 2.75) is 32.4 Å². The summed E-state index contributed by atoms with van der Waals surface area (Å²) in [5, 5.41) is 10.8. The van der Waals surface area contributed by atoms with Crippen LogP contribution in [-0.4, -0.2) is 27.5 Å². The van der Waals surface area contributed by atoms with Crippen LogP contribution in [0.4, 0.5) is 5.69 Å². The number of fused-ring (bicyclic) bond motifs is 1. The summed E-state index contributed by atoms with van der Waals surface area (Å²) >= 11 is 0. The van der Waals surface area contributed by atoms with Crippen molar-refractivity contribution >= 4 is 23.0 Å². The Morgan fingerprint density at radius 3 is 2.82 bits per heavy atom. The molecule has 0 unspecified atom stereocenters. The van der Waals surface area contributed by atoms with E-state index in [2.05, 4.69) is 22.7 Å². The number of primary amides is 1. The molecule has 1 fully saturated rings. The monoisotopic (exact) mass is 443 g/mol. The Kier molecular flexibility index (Phi) is 5.34. The molecule has 1 aliphatic carbocycles. The van der Waals surface area contributed by atoms with Gasteiger partial charge < -0.3 is 20.8 Å². The van der Waals surface area contributed by atoms with Gasteiger partial charge in [0.15, 0.2) is 0 Å². The molecule has 3 heterocycles. The first-order valence-electron chi connectivity index (χ1n) is 11.0. The van der Waals surface area contributed by atoms with Gasteiger partial charge in [0.2, 0.25) is 0 Å².